The monoisotopic (exact) mass is 193 g/mol. The van der Waals surface area contributed by atoms with Gasteiger partial charge in [0.15, 0.2) is 0 Å². The van der Waals surface area contributed by atoms with Gasteiger partial charge >= 0.3 is 0 Å². The minimum absolute atomic E-state index is 0.270. The Morgan fingerprint density at radius 1 is 1.55 bits per heavy atom. The van der Waals surface area contributed by atoms with Crippen LogP contribution >= 0.6 is 10.7 Å². The normalized spacial score (nSPS) is 20.7. The van der Waals surface area contributed by atoms with Crippen molar-refractivity contribution in [2.75, 3.05) is 0 Å². The summed E-state index contributed by atoms with van der Waals surface area (Å²) in [6.07, 6.45) is 1.88. The van der Waals surface area contributed by atoms with E-state index in [1.165, 1.54) is 0 Å². The van der Waals surface area contributed by atoms with Gasteiger partial charge in [0.2, 0.25) is 9.05 Å². The van der Waals surface area contributed by atoms with Crippen LogP contribution in [0.1, 0.15) is 25.7 Å². The third kappa shape index (κ3) is 1.66. The van der Waals surface area contributed by atoms with Crippen LogP contribution in [0, 0.1) is 11.3 Å². The standard InChI is InChI=1S/C6H8ClNO2S/c7-11(9,10)6(3-4-6)2-1-5-8/h1-4H2. The highest BCUT2D eigenvalue weighted by Gasteiger charge is 2.53. The van der Waals surface area contributed by atoms with Gasteiger partial charge in [-0.05, 0) is 19.3 Å². The van der Waals surface area contributed by atoms with E-state index in [2.05, 4.69) is 0 Å². The second-order valence-corrected chi connectivity index (χ2v) is 5.74. The second kappa shape index (κ2) is 2.65. The molecule has 0 heterocycles. The minimum Gasteiger partial charge on any atom is -0.212 e. The SMILES string of the molecule is N#CCCC1(S(=O)(=O)Cl)CC1. The fourth-order valence-corrected chi connectivity index (χ4v) is 2.67. The minimum atomic E-state index is -3.44. The van der Waals surface area contributed by atoms with Crippen molar-refractivity contribution >= 4 is 19.7 Å². The first-order valence-electron chi connectivity index (χ1n) is 3.33. The summed E-state index contributed by atoms with van der Waals surface area (Å²) in [5.74, 6) is 0. The molecule has 0 aliphatic heterocycles. The summed E-state index contributed by atoms with van der Waals surface area (Å²) in [5.41, 5.74) is 0. The average molecular weight is 194 g/mol. The molecule has 0 aromatic carbocycles. The molecule has 0 unspecified atom stereocenters. The smallest absolute Gasteiger partial charge is 0.212 e. The van der Waals surface area contributed by atoms with Crippen LogP contribution in [0.15, 0.2) is 0 Å². The largest absolute Gasteiger partial charge is 0.238 e. The van der Waals surface area contributed by atoms with Crippen LogP contribution < -0.4 is 0 Å². The van der Waals surface area contributed by atoms with E-state index in [1.54, 1.807) is 0 Å². The molecule has 0 aromatic rings. The van der Waals surface area contributed by atoms with E-state index >= 15 is 0 Å². The summed E-state index contributed by atoms with van der Waals surface area (Å²) in [7, 11) is 1.74. The molecule has 0 saturated heterocycles. The molecule has 11 heavy (non-hydrogen) atoms. The number of halogens is 1. The number of rotatable bonds is 3. The highest BCUT2D eigenvalue weighted by molar-refractivity contribution is 8.15. The Morgan fingerprint density at radius 2 is 2.09 bits per heavy atom. The number of hydrogen-bond acceptors (Lipinski definition) is 3. The second-order valence-electron chi connectivity index (χ2n) is 2.78. The zero-order chi connectivity index (χ0) is 8.54. The van der Waals surface area contributed by atoms with Crippen molar-refractivity contribution in [1.29, 1.82) is 5.26 Å². The van der Waals surface area contributed by atoms with Crippen molar-refractivity contribution < 1.29 is 8.42 Å². The van der Waals surface area contributed by atoms with Crippen LogP contribution in [0.3, 0.4) is 0 Å². The maximum atomic E-state index is 10.9. The maximum Gasteiger partial charge on any atom is 0.238 e. The predicted octanol–water partition coefficient (Wildman–Crippen LogP) is 1.39. The summed E-state index contributed by atoms with van der Waals surface area (Å²) in [6, 6.07) is 1.91. The van der Waals surface area contributed by atoms with Gasteiger partial charge in [-0.1, -0.05) is 0 Å². The van der Waals surface area contributed by atoms with E-state index in [1.807, 2.05) is 6.07 Å². The fraction of sp³-hybridized carbons (Fsp3) is 0.833. The predicted molar refractivity (Wildman–Crippen MR) is 41.6 cm³/mol. The summed E-state index contributed by atoms with van der Waals surface area (Å²) < 4.78 is 21.0. The lowest BCUT2D eigenvalue weighted by atomic mass is 10.2. The Morgan fingerprint density at radius 3 is 2.36 bits per heavy atom. The van der Waals surface area contributed by atoms with Crippen molar-refractivity contribution in [2.45, 2.75) is 30.4 Å². The van der Waals surface area contributed by atoms with Gasteiger partial charge in [-0.15, -0.1) is 0 Å². The molecule has 3 nitrogen and oxygen atoms in total. The first kappa shape index (κ1) is 8.82. The molecule has 1 aliphatic rings. The lowest BCUT2D eigenvalue weighted by Gasteiger charge is -2.06. The van der Waals surface area contributed by atoms with E-state index in [-0.39, 0.29) is 6.42 Å². The quantitative estimate of drug-likeness (QED) is 0.637. The maximum absolute atomic E-state index is 10.9. The third-order valence-corrected chi connectivity index (χ3v) is 4.65. The molecule has 0 amide bonds. The molecule has 0 radical (unpaired) electrons. The Balaban J connectivity index is 2.64. The first-order chi connectivity index (χ1) is 5.02. The van der Waals surface area contributed by atoms with Gasteiger partial charge < -0.3 is 0 Å². The summed E-state index contributed by atoms with van der Waals surface area (Å²) in [6.45, 7) is 0. The zero-order valence-electron chi connectivity index (χ0n) is 5.88. The van der Waals surface area contributed by atoms with E-state index in [9.17, 15) is 8.42 Å². The van der Waals surface area contributed by atoms with Gasteiger partial charge in [0.1, 0.15) is 0 Å². The van der Waals surface area contributed by atoms with E-state index < -0.39 is 13.8 Å². The molecule has 1 rings (SSSR count). The molecule has 1 aliphatic carbocycles. The molecule has 0 aromatic heterocycles. The first-order valence-corrected chi connectivity index (χ1v) is 5.64. The zero-order valence-corrected chi connectivity index (χ0v) is 7.45. The van der Waals surface area contributed by atoms with Gasteiger partial charge in [0.05, 0.1) is 10.8 Å². The molecule has 0 N–H and O–H groups in total. The topological polar surface area (TPSA) is 57.9 Å². The highest BCUT2D eigenvalue weighted by atomic mass is 35.7. The van der Waals surface area contributed by atoms with Gasteiger partial charge in [0, 0.05) is 17.1 Å². The Labute approximate surface area is 70.4 Å². The third-order valence-electron chi connectivity index (χ3n) is 2.02. The molecule has 0 atom stereocenters. The Bertz CT molecular complexity index is 286. The van der Waals surface area contributed by atoms with Crippen LogP contribution in [0.25, 0.3) is 0 Å². The summed E-state index contributed by atoms with van der Waals surface area (Å²) in [5, 5.41) is 8.24. The lowest BCUT2D eigenvalue weighted by molar-refractivity contribution is 0.584. The van der Waals surface area contributed by atoms with E-state index in [0.717, 1.165) is 0 Å². The Kier molecular flexibility index (Phi) is 2.13. The number of hydrogen-bond donors (Lipinski definition) is 0. The highest BCUT2D eigenvalue weighted by Crippen LogP contribution is 2.48. The molecule has 5 heteroatoms. The molecule has 1 fully saturated rings. The van der Waals surface area contributed by atoms with Crippen LogP contribution in [0.2, 0.25) is 0 Å². The molecule has 0 bridgehead atoms. The fourth-order valence-electron chi connectivity index (χ4n) is 1.04. The molecule has 1 saturated carbocycles. The van der Waals surface area contributed by atoms with E-state index in [4.69, 9.17) is 15.9 Å². The number of nitrogens with zero attached hydrogens (tertiary/aromatic N) is 1. The molecular weight excluding hydrogens is 186 g/mol. The van der Waals surface area contributed by atoms with Crippen LogP contribution in [0.5, 0.6) is 0 Å². The van der Waals surface area contributed by atoms with Crippen molar-refractivity contribution in [3.8, 4) is 6.07 Å². The lowest BCUT2D eigenvalue weighted by Crippen LogP contribution is -2.17. The summed E-state index contributed by atoms with van der Waals surface area (Å²) in [4.78, 5) is 0. The molecular formula is C6H8ClNO2S. The van der Waals surface area contributed by atoms with E-state index in [0.29, 0.717) is 19.3 Å². The van der Waals surface area contributed by atoms with Gasteiger partial charge in [0.25, 0.3) is 0 Å². The Hall–Kier alpha value is -0.270. The van der Waals surface area contributed by atoms with Crippen molar-refractivity contribution in [1.82, 2.24) is 0 Å². The van der Waals surface area contributed by atoms with Gasteiger partial charge in [-0.3, -0.25) is 0 Å². The van der Waals surface area contributed by atoms with Gasteiger partial charge in [-0.25, -0.2) is 8.42 Å². The van der Waals surface area contributed by atoms with Crippen molar-refractivity contribution in [3.05, 3.63) is 0 Å². The van der Waals surface area contributed by atoms with Crippen LogP contribution in [0.4, 0.5) is 0 Å². The van der Waals surface area contributed by atoms with Crippen molar-refractivity contribution in [2.24, 2.45) is 0 Å². The van der Waals surface area contributed by atoms with Gasteiger partial charge in [-0.2, -0.15) is 5.26 Å². The number of nitriles is 1. The van der Waals surface area contributed by atoms with Crippen LogP contribution in [-0.4, -0.2) is 13.2 Å². The van der Waals surface area contributed by atoms with Crippen LogP contribution in [-0.2, 0) is 9.05 Å². The average Bonchev–Trinajstić information content (AvgIpc) is 2.61. The molecule has 0 spiro atoms. The summed E-state index contributed by atoms with van der Waals surface area (Å²) >= 11 is 0. The van der Waals surface area contributed by atoms with Crippen molar-refractivity contribution in [3.63, 3.8) is 0 Å². The molecule has 62 valence electrons.